The summed E-state index contributed by atoms with van der Waals surface area (Å²) in [7, 11) is 0. The highest BCUT2D eigenvalue weighted by Crippen LogP contribution is 2.25. The maximum absolute atomic E-state index is 12.4. The molecule has 0 radical (unpaired) electrons. The van der Waals surface area contributed by atoms with E-state index in [1.165, 1.54) is 0 Å². The van der Waals surface area contributed by atoms with Gasteiger partial charge in [-0.2, -0.15) is 11.8 Å². The van der Waals surface area contributed by atoms with E-state index in [9.17, 15) is 9.59 Å². The van der Waals surface area contributed by atoms with Crippen LogP contribution < -0.4 is 0 Å². The van der Waals surface area contributed by atoms with Crippen molar-refractivity contribution in [1.82, 2.24) is 4.90 Å². The molecule has 1 aliphatic heterocycles. The molecule has 0 spiro atoms. The number of carbonyl (C=O) groups excluding carboxylic acids is 1. The number of carboxylic acids is 1. The van der Waals surface area contributed by atoms with Crippen LogP contribution in [-0.4, -0.2) is 45.5 Å². The van der Waals surface area contributed by atoms with Crippen LogP contribution in [-0.2, 0) is 11.2 Å². The van der Waals surface area contributed by atoms with Gasteiger partial charge in [-0.05, 0) is 11.6 Å². The zero-order valence-electron chi connectivity index (χ0n) is 11.7. The van der Waals surface area contributed by atoms with Gasteiger partial charge in [0.05, 0.1) is 12.0 Å². The van der Waals surface area contributed by atoms with Crippen molar-refractivity contribution < 1.29 is 14.7 Å². The molecule has 1 aliphatic rings. The molecule has 0 saturated carbocycles. The van der Waals surface area contributed by atoms with Crippen LogP contribution in [0, 0.1) is 0 Å². The summed E-state index contributed by atoms with van der Waals surface area (Å²) in [5.74, 6) is -0.970. The molecule has 1 N–H and O–H groups in total. The quantitative estimate of drug-likeness (QED) is 0.929. The number of rotatable bonds is 3. The monoisotopic (exact) mass is 293 g/mol. The molecule has 1 fully saturated rings. The minimum absolute atomic E-state index is 0.0118. The summed E-state index contributed by atoms with van der Waals surface area (Å²) in [6.45, 7) is 5.71. The fourth-order valence-electron chi connectivity index (χ4n) is 2.54. The number of benzene rings is 1. The summed E-state index contributed by atoms with van der Waals surface area (Å²) < 4.78 is 0. The Labute approximate surface area is 123 Å². The number of carbonyl (C=O) groups is 2. The Kier molecular flexibility index (Phi) is 4.70. The van der Waals surface area contributed by atoms with Gasteiger partial charge in [0.15, 0.2) is 0 Å². The van der Waals surface area contributed by atoms with Crippen molar-refractivity contribution in [3.63, 3.8) is 0 Å². The predicted molar refractivity (Wildman–Crippen MR) is 80.2 cm³/mol. The Hall–Kier alpha value is -1.49. The van der Waals surface area contributed by atoms with Crippen LogP contribution in [0.5, 0.6) is 0 Å². The fourth-order valence-corrected chi connectivity index (χ4v) is 3.86. The molecule has 1 amide bonds. The number of amides is 1. The molecule has 2 unspecified atom stereocenters. The van der Waals surface area contributed by atoms with E-state index in [4.69, 9.17) is 5.11 Å². The summed E-state index contributed by atoms with van der Waals surface area (Å²) in [6, 6.07) is 6.71. The molecule has 108 valence electrons. The molecule has 5 heteroatoms. The molecule has 4 nitrogen and oxygen atoms in total. The second-order valence-corrected chi connectivity index (χ2v) is 7.08. The maximum Gasteiger partial charge on any atom is 0.335 e. The van der Waals surface area contributed by atoms with E-state index < -0.39 is 5.97 Å². The van der Waals surface area contributed by atoms with Crippen molar-refractivity contribution in [2.45, 2.75) is 30.8 Å². The van der Waals surface area contributed by atoms with Gasteiger partial charge in [-0.25, -0.2) is 4.79 Å². The van der Waals surface area contributed by atoms with Crippen LogP contribution >= 0.6 is 11.8 Å². The Morgan fingerprint density at radius 1 is 1.25 bits per heavy atom. The molecule has 0 aliphatic carbocycles. The number of carboxylic acid groups (broad SMARTS) is 1. The van der Waals surface area contributed by atoms with Crippen molar-refractivity contribution in [1.29, 1.82) is 0 Å². The second-order valence-electron chi connectivity index (χ2n) is 5.20. The molecule has 1 saturated heterocycles. The third-order valence-corrected chi connectivity index (χ3v) is 4.59. The van der Waals surface area contributed by atoms with E-state index >= 15 is 0 Å². The number of hydrogen-bond acceptors (Lipinski definition) is 3. The van der Waals surface area contributed by atoms with Crippen LogP contribution in [0.15, 0.2) is 24.3 Å². The number of aromatic carboxylic acids is 1. The van der Waals surface area contributed by atoms with Crippen molar-refractivity contribution >= 4 is 23.6 Å². The fraction of sp³-hybridized carbons (Fsp3) is 0.467. The molecular formula is C15H19NO3S. The molecule has 2 atom stereocenters. The third-order valence-electron chi connectivity index (χ3n) is 3.36. The smallest absolute Gasteiger partial charge is 0.335 e. The van der Waals surface area contributed by atoms with Crippen molar-refractivity contribution in [2.24, 2.45) is 0 Å². The summed E-state index contributed by atoms with van der Waals surface area (Å²) >= 11 is 1.89. The van der Waals surface area contributed by atoms with Crippen LogP contribution in [0.4, 0.5) is 0 Å². The number of thioether (sulfide) groups is 1. The zero-order valence-corrected chi connectivity index (χ0v) is 12.5. The number of nitrogens with zero attached hydrogens (tertiary/aromatic N) is 1. The van der Waals surface area contributed by atoms with Gasteiger partial charge in [0.1, 0.15) is 0 Å². The van der Waals surface area contributed by atoms with Gasteiger partial charge >= 0.3 is 5.97 Å². The molecule has 1 aromatic carbocycles. The van der Waals surface area contributed by atoms with E-state index in [1.54, 1.807) is 24.3 Å². The molecule has 2 rings (SSSR count). The van der Waals surface area contributed by atoms with E-state index in [-0.39, 0.29) is 17.9 Å². The van der Waals surface area contributed by atoms with Crippen molar-refractivity contribution in [3.05, 3.63) is 35.4 Å². The lowest BCUT2D eigenvalue weighted by Gasteiger charge is -2.34. The van der Waals surface area contributed by atoms with Crippen LogP contribution in [0.25, 0.3) is 0 Å². The molecule has 0 aromatic heterocycles. The number of hydrogen-bond donors (Lipinski definition) is 1. The Morgan fingerprint density at radius 2 is 1.85 bits per heavy atom. The van der Waals surface area contributed by atoms with Gasteiger partial charge in [0.2, 0.25) is 5.91 Å². The summed E-state index contributed by atoms with van der Waals surface area (Å²) in [5.41, 5.74) is 0.803. The lowest BCUT2D eigenvalue weighted by atomic mass is 10.0. The van der Waals surface area contributed by atoms with E-state index in [1.807, 2.05) is 16.7 Å². The Balaban J connectivity index is 2.10. The summed E-state index contributed by atoms with van der Waals surface area (Å²) in [6.07, 6.45) is 0.159. The highest BCUT2D eigenvalue weighted by Gasteiger charge is 2.26. The first-order valence-corrected chi connectivity index (χ1v) is 7.66. The summed E-state index contributed by atoms with van der Waals surface area (Å²) in [5, 5.41) is 10.0. The first-order valence-electron chi connectivity index (χ1n) is 6.71. The van der Waals surface area contributed by atoms with Crippen molar-refractivity contribution in [2.75, 3.05) is 13.1 Å². The van der Waals surface area contributed by atoms with Crippen LogP contribution in [0.3, 0.4) is 0 Å². The van der Waals surface area contributed by atoms with E-state index in [0.717, 1.165) is 13.1 Å². The molecule has 1 heterocycles. The maximum atomic E-state index is 12.4. The molecule has 1 aromatic rings. The largest absolute Gasteiger partial charge is 0.478 e. The van der Waals surface area contributed by atoms with Gasteiger partial charge < -0.3 is 10.0 Å². The van der Waals surface area contributed by atoms with E-state index in [0.29, 0.717) is 16.1 Å². The average Bonchev–Trinajstić information content (AvgIpc) is 2.37. The first-order chi connectivity index (χ1) is 9.47. The van der Waals surface area contributed by atoms with E-state index in [2.05, 4.69) is 13.8 Å². The minimum atomic E-state index is -0.982. The molecule has 20 heavy (non-hydrogen) atoms. The standard InChI is InChI=1S/C15H19NO3S/c1-10-8-16(9-11(2)20-10)14(17)7-12-5-3-4-6-13(12)15(18)19/h3-6,10-11H,7-9H2,1-2H3,(H,18,19). The van der Waals surface area contributed by atoms with Gasteiger partial charge in [-0.3, -0.25) is 4.79 Å². The van der Waals surface area contributed by atoms with Crippen LogP contribution in [0.1, 0.15) is 29.8 Å². The highest BCUT2D eigenvalue weighted by molar-refractivity contribution is 8.00. The Morgan fingerprint density at radius 3 is 2.45 bits per heavy atom. The zero-order chi connectivity index (χ0) is 14.7. The van der Waals surface area contributed by atoms with Crippen molar-refractivity contribution in [3.8, 4) is 0 Å². The summed E-state index contributed by atoms with van der Waals surface area (Å²) in [4.78, 5) is 25.4. The first kappa shape index (κ1) is 14.9. The molecular weight excluding hydrogens is 274 g/mol. The van der Waals surface area contributed by atoms with Gasteiger partial charge in [0.25, 0.3) is 0 Å². The second kappa shape index (κ2) is 6.31. The Bertz CT molecular complexity index is 508. The minimum Gasteiger partial charge on any atom is -0.478 e. The highest BCUT2D eigenvalue weighted by atomic mass is 32.2. The normalized spacial score (nSPS) is 22.6. The van der Waals surface area contributed by atoms with Gasteiger partial charge in [-0.1, -0.05) is 32.0 Å². The van der Waals surface area contributed by atoms with Crippen LogP contribution in [0.2, 0.25) is 0 Å². The van der Waals surface area contributed by atoms with Gasteiger partial charge in [0, 0.05) is 23.6 Å². The predicted octanol–water partition coefficient (Wildman–Crippen LogP) is 2.28. The average molecular weight is 293 g/mol. The topological polar surface area (TPSA) is 57.6 Å². The third kappa shape index (κ3) is 3.54. The molecule has 0 bridgehead atoms. The lowest BCUT2D eigenvalue weighted by Crippen LogP contribution is -2.44. The SMILES string of the molecule is CC1CN(C(=O)Cc2ccccc2C(=O)O)CC(C)S1. The lowest BCUT2D eigenvalue weighted by molar-refractivity contribution is -0.130. The van der Waals surface area contributed by atoms with Gasteiger partial charge in [-0.15, -0.1) is 0 Å².